The molecule has 2 aromatic carbocycles. The molecule has 182 valence electrons. The Balaban J connectivity index is 1.97. The van der Waals surface area contributed by atoms with Crippen molar-refractivity contribution in [3.8, 4) is 11.5 Å². The molecule has 2 aromatic rings. The first-order chi connectivity index (χ1) is 16.6. The maximum atomic E-state index is 13.2. The molecule has 1 aliphatic rings. The number of carbonyl (C=O) groups excluding carboxylic acids is 1. The molecule has 1 N–H and O–H groups in total. The van der Waals surface area contributed by atoms with E-state index in [-0.39, 0.29) is 12.5 Å². The summed E-state index contributed by atoms with van der Waals surface area (Å²) in [5.74, 6) is 1.20. The van der Waals surface area contributed by atoms with Gasteiger partial charge in [-0.15, -0.1) is 6.58 Å². The number of aliphatic hydroxyl groups excluding tert-OH is 1. The van der Waals surface area contributed by atoms with Gasteiger partial charge in [-0.25, -0.2) is 0 Å². The Morgan fingerprint density at radius 3 is 2.56 bits per heavy atom. The number of rotatable bonds is 12. The van der Waals surface area contributed by atoms with Gasteiger partial charge in [0.1, 0.15) is 6.61 Å². The van der Waals surface area contributed by atoms with E-state index in [0.717, 1.165) is 16.8 Å². The van der Waals surface area contributed by atoms with Crippen molar-refractivity contribution in [2.75, 3.05) is 44.9 Å². The molecule has 0 spiro atoms. The molecule has 0 bridgehead atoms. The highest BCUT2D eigenvalue weighted by molar-refractivity contribution is 5.79. The lowest BCUT2D eigenvalue weighted by Gasteiger charge is -2.35. The quantitative estimate of drug-likeness (QED) is 0.381. The summed E-state index contributed by atoms with van der Waals surface area (Å²) in [6.07, 6.45) is 2.93. The van der Waals surface area contributed by atoms with E-state index in [4.69, 9.17) is 14.2 Å². The largest absolute Gasteiger partial charge is 0.493 e. The minimum absolute atomic E-state index is 0.0365. The highest BCUT2D eigenvalue weighted by Crippen LogP contribution is 2.40. The molecule has 1 aliphatic heterocycles. The van der Waals surface area contributed by atoms with Crippen LogP contribution in [0.3, 0.4) is 0 Å². The van der Waals surface area contributed by atoms with Crippen molar-refractivity contribution in [3.63, 3.8) is 0 Å². The Morgan fingerprint density at radius 2 is 1.85 bits per heavy atom. The summed E-state index contributed by atoms with van der Waals surface area (Å²) in [4.78, 5) is 17.1. The number of nitrogens with zero attached hydrogens (tertiary/aromatic N) is 2. The molecule has 0 aliphatic carbocycles. The number of fused-ring (bicyclic) bond motifs is 1. The fourth-order valence-electron chi connectivity index (χ4n) is 4.03. The van der Waals surface area contributed by atoms with Crippen LogP contribution in [0.15, 0.2) is 67.8 Å². The topological polar surface area (TPSA) is 71.5 Å². The van der Waals surface area contributed by atoms with Crippen molar-refractivity contribution in [1.29, 1.82) is 0 Å². The van der Waals surface area contributed by atoms with Crippen LogP contribution in [-0.2, 0) is 22.6 Å². The second kappa shape index (κ2) is 12.8. The van der Waals surface area contributed by atoms with Crippen LogP contribution in [0.5, 0.6) is 11.5 Å². The van der Waals surface area contributed by atoms with Crippen molar-refractivity contribution < 1.29 is 24.1 Å². The van der Waals surface area contributed by atoms with Crippen molar-refractivity contribution in [2.45, 2.75) is 25.6 Å². The standard InChI is InChI=1S/C27H34N2O5/c1-4-15-33-20-22(30)18-28-14-13-26(31)29(17-21-9-7-6-8-10-21)19-23-24(28)11-12-25(32-3)27(23)34-16-5-2/h4-12,22,30H,1-2,13-20H2,3H3. The Hall–Kier alpha value is -3.29. The molecule has 0 saturated carbocycles. The highest BCUT2D eigenvalue weighted by Gasteiger charge is 2.28. The van der Waals surface area contributed by atoms with E-state index < -0.39 is 6.10 Å². The summed E-state index contributed by atoms with van der Waals surface area (Å²) >= 11 is 0. The number of aliphatic hydroxyl groups is 1. The molecule has 1 heterocycles. The summed E-state index contributed by atoms with van der Waals surface area (Å²) in [6, 6.07) is 13.7. The first-order valence-electron chi connectivity index (χ1n) is 11.4. The van der Waals surface area contributed by atoms with Gasteiger partial charge < -0.3 is 29.1 Å². The molecule has 0 fully saturated rings. The molecule has 1 atom stereocenters. The number of hydrogen-bond donors (Lipinski definition) is 1. The lowest BCUT2D eigenvalue weighted by atomic mass is 10.0. The van der Waals surface area contributed by atoms with E-state index >= 15 is 0 Å². The normalized spacial score (nSPS) is 14.6. The van der Waals surface area contributed by atoms with Crippen molar-refractivity contribution in [3.05, 3.63) is 78.9 Å². The zero-order valence-electron chi connectivity index (χ0n) is 19.8. The third-order valence-corrected chi connectivity index (χ3v) is 5.60. The van der Waals surface area contributed by atoms with Crippen LogP contribution in [-0.4, -0.2) is 62.0 Å². The van der Waals surface area contributed by atoms with Gasteiger partial charge in [0.15, 0.2) is 11.5 Å². The Kier molecular flexibility index (Phi) is 9.55. The lowest BCUT2D eigenvalue weighted by Crippen LogP contribution is -2.41. The maximum absolute atomic E-state index is 13.2. The average Bonchev–Trinajstić information content (AvgIpc) is 2.85. The second-order valence-corrected chi connectivity index (χ2v) is 8.11. The number of anilines is 1. The van der Waals surface area contributed by atoms with Gasteiger partial charge in [-0.3, -0.25) is 4.79 Å². The SMILES string of the molecule is C=CCOCC(O)CN1CCC(=O)N(Cc2ccccc2)Cc2c1ccc(OC)c2OCC=C. The van der Waals surface area contributed by atoms with Crippen LogP contribution in [0, 0.1) is 0 Å². The van der Waals surface area contributed by atoms with Gasteiger partial charge in [0.05, 0.1) is 33.0 Å². The summed E-state index contributed by atoms with van der Waals surface area (Å²) < 4.78 is 17.0. The van der Waals surface area contributed by atoms with Crippen LogP contribution < -0.4 is 14.4 Å². The van der Waals surface area contributed by atoms with E-state index in [1.807, 2.05) is 52.3 Å². The molecule has 1 unspecified atom stereocenters. The highest BCUT2D eigenvalue weighted by atomic mass is 16.5. The minimum Gasteiger partial charge on any atom is -0.493 e. The number of carbonyl (C=O) groups is 1. The number of benzene rings is 2. The summed E-state index contributed by atoms with van der Waals surface area (Å²) in [6.45, 7) is 9.87. The van der Waals surface area contributed by atoms with Gasteiger partial charge in [-0.1, -0.05) is 49.1 Å². The molecule has 1 amide bonds. The van der Waals surface area contributed by atoms with Crippen LogP contribution in [0.4, 0.5) is 5.69 Å². The van der Waals surface area contributed by atoms with Gasteiger partial charge in [-0.05, 0) is 17.7 Å². The Labute approximate surface area is 201 Å². The molecule has 0 aromatic heterocycles. The van der Waals surface area contributed by atoms with Crippen LogP contribution in [0.2, 0.25) is 0 Å². The van der Waals surface area contributed by atoms with Crippen LogP contribution >= 0.6 is 0 Å². The van der Waals surface area contributed by atoms with Gasteiger partial charge in [0.2, 0.25) is 5.91 Å². The van der Waals surface area contributed by atoms with Crippen LogP contribution in [0.1, 0.15) is 17.5 Å². The Morgan fingerprint density at radius 1 is 1.09 bits per heavy atom. The van der Waals surface area contributed by atoms with Crippen LogP contribution in [0.25, 0.3) is 0 Å². The molecule has 0 saturated heterocycles. The summed E-state index contributed by atoms with van der Waals surface area (Å²) in [7, 11) is 1.59. The van der Waals surface area contributed by atoms with Crippen molar-refractivity contribution >= 4 is 11.6 Å². The fraction of sp³-hybridized carbons (Fsp3) is 0.370. The Bertz CT molecular complexity index is 963. The number of hydrogen-bond acceptors (Lipinski definition) is 6. The van der Waals surface area contributed by atoms with E-state index in [1.54, 1.807) is 19.3 Å². The number of ether oxygens (including phenoxy) is 3. The average molecular weight is 467 g/mol. The molecule has 0 radical (unpaired) electrons. The van der Waals surface area contributed by atoms with Gasteiger partial charge >= 0.3 is 0 Å². The number of β-amino-alcohol motifs (C(OH)–C–C–N with tert-alkyl or cyclic N) is 1. The molecule has 7 heteroatoms. The molecular formula is C27H34N2O5. The maximum Gasteiger partial charge on any atom is 0.224 e. The number of methoxy groups -OCH3 is 1. The minimum atomic E-state index is -0.720. The molecule has 3 rings (SSSR count). The van der Waals surface area contributed by atoms with E-state index in [0.29, 0.717) is 57.3 Å². The molecule has 34 heavy (non-hydrogen) atoms. The van der Waals surface area contributed by atoms with Gasteiger partial charge in [-0.2, -0.15) is 0 Å². The third kappa shape index (κ3) is 6.62. The zero-order chi connectivity index (χ0) is 24.3. The van der Waals surface area contributed by atoms with Crippen molar-refractivity contribution in [1.82, 2.24) is 4.90 Å². The van der Waals surface area contributed by atoms with E-state index in [2.05, 4.69) is 13.2 Å². The summed E-state index contributed by atoms with van der Waals surface area (Å²) in [5, 5.41) is 10.6. The molecular weight excluding hydrogens is 432 g/mol. The first kappa shape index (κ1) is 25.3. The second-order valence-electron chi connectivity index (χ2n) is 8.11. The third-order valence-electron chi connectivity index (χ3n) is 5.60. The summed E-state index contributed by atoms with van der Waals surface area (Å²) in [5.41, 5.74) is 2.79. The van der Waals surface area contributed by atoms with Gasteiger partial charge in [0.25, 0.3) is 0 Å². The van der Waals surface area contributed by atoms with Crippen molar-refractivity contribution in [2.24, 2.45) is 0 Å². The first-order valence-corrected chi connectivity index (χ1v) is 11.4. The lowest BCUT2D eigenvalue weighted by molar-refractivity contribution is -0.132. The predicted molar refractivity (Wildman–Crippen MR) is 133 cm³/mol. The molecule has 7 nitrogen and oxygen atoms in total. The zero-order valence-corrected chi connectivity index (χ0v) is 19.8. The van der Waals surface area contributed by atoms with E-state index in [9.17, 15) is 9.90 Å². The monoisotopic (exact) mass is 466 g/mol. The number of amides is 1. The predicted octanol–water partition coefficient (Wildman–Crippen LogP) is 3.56. The smallest absolute Gasteiger partial charge is 0.224 e. The van der Waals surface area contributed by atoms with E-state index in [1.165, 1.54) is 0 Å². The fourth-order valence-corrected chi connectivity index (χ4v) is 4.03. The van der Waals surface area contributed by atoms with Gasteiger partial charge in [0, 0.05) is 37.3 Å².